The molecule has 1 heterocycles. The fourth-order valence-electron chi connectivity index (χ4n) is 2.74. The maximum atomic E-state index is 12.5. The molecule has 8 nitrogen and oxygen atoms in total. The van der Waals surface area contributed by atoms with E-state index < -0.39 is 5.91 Å². The highest BCUT2D eigenvalue weighted by atomic mass is 16.2. The van der Waals surface area contributed by atoms with Crippen molar-refractivity contribution in [2.45, 2.75) is 13.3 Å². The minimum atomic E-state index is -0.420. The van der Waals surface area contributed by atoms with Crippen molar-refractivity contribution in [1.82, 2.24) is 15.5 Å². The predicted molar refractivity (Wildman–Crippen MR) is 110 cm³/mol. The monoisotopic (exact) mass is 391 g/mol. The van der Waals surface area contributed by atoms with E-state index in [9.17, 15) is 14.4 Å². The van der Waals surface area contributed by atoms with Gasteiger partial charge in [-0.15, -0.1) is 0 Å². The molecule has 0 radical (unpaired) electrons. The third kappa shape index (κ3) is 5.52. The fourth-order valence-corrected chi connectivity index (χ4v) is 2.74. The van der Waals surface area contributed by atoms with Crippen molar-refractivity contribution in [3.05, 3.63) is 77.6 Å². The lowest BCUT2D eigenvalue weighted by atomic mass is 10.1. The number of benzene rings is 2. The Labute approximate surface area is 167 Å². The molecular formula is C21H21N5O3. The van der Waals surface area contributed by atoms with E-state index in [1.54, 1.807) is 24.3 Å². The van der Waals surface area contributed by atoms with Crippen LogP contribution in [0.1, 0.15) is 33.3 Å². The largest absolute Gasteiger partial charge is 0.350 e. The molecule has 0 aliphatic rings. The van der Waals surface area contributed by atoms with Crippen LogP contribution in [-0.2, 0) is 11.2 Å². The lowest BCUT2D eigenvalue weighted by molar-refractivity contribution is -0.114. The van der Waals surface area contributed by atoms with E-state index in [1.165, 1.54) is 13.1 Å². The average Bonchev–Trinajstić information content (AvgIpc) is 3.16. The summed E-state index contributed by atoms with van der Waals surface area (Å²) in [5.74, 6) is -1.03. The van der Waals surface area contributed by atoms with Gasteiger partial charge in [0.1, 0.15) is 0 Å². The maximum Gasteiger partial charge on any atom is 0.273 e. The van der Waals surface area contributed by atoms with E-state index in [-0.39, 0.29) is 23.2 Å². The zero-order valence-electron chi connectivity index (χ0n) is 15.9. The van der Waals surface area contributed by atoms with Gasteiger partial charge in [0, 0.05) is 30.9 Å². The van der Waals surface area contributed by atoms with Gasteiger partial charge >= 0.3 is 0 Å². The SMILES string of the molecule is CC(=O)Nc1cccc(C(=O)Nc2c[nH]nc2C(=O)NCCc2ccccc2)c1. The van der Waals surface area contributed by atoms with Crippen LogP contribution < -0.4 is 16.0 Å². The zero-order chi connectivity index (χ0) is 20.6. The van der Waals surface area contributed by atoms with Crippen molar-refractivity contribution in [3.8, 4) is 0 Å². The van der Waals surface area contributed by atoms with Crippen molar-refractivity contribution in [1.29, 1.82) is 0 Å². The van der Waals surface area contributed by atoms with E-state index in [2.05, 4.69) is 26.1 Å². The molecule has 0 bridgehead atoms. The van der Waals surface area contributed by atoms with E-state index in [0.29, 0.717) is 24.2 Å². The van der Waals surface area contributed by atoms with Crippen LogP contribution in [0.3, 0.4) is 0 Å². The van der Waals surface area contributed by atoms with Crippen LogP contribution >= 0.6 is 0 Å². The molecule has 148 valence electrons. The van der Waals surface area contributed by atoms with Gasteiger partial charge in [-0.25, -0.2) is 0 Å². The first kappa shape index (κ1) is 19.8. The second kappa shape index (κ2) is 9.32. The molecule has 0 atom stereocenters. The lowest BCUT2D eigenvalue weighted by Crippen LogP contribution is -2.27. The highest BCUT2D eigenvalue weighted by Crippen LogP contribution is 2.16. The predicted octanol–water partition coefficient (Wildman–Crippen LogP) is 2.59. The fraction of sp³-hybridized carbons (Fsp3) is 0.143. The molecule has 0 unspecified atom stereocenters. The third-order valence-electron chi connectivity index (χ3n) is 4.09. The number of nitrogens with zero attached hydrogens (tertiary/aromatic N) is 1. The molecule has 8 heteroatoms. The van der Waals surface area contributed by atoms with Gasteiger partial charge in [-0.05, 0) is 30.2 Å². The van der Waals surface area contributed by atoms with Crippen LogP contribution in [0.25, 0.3) is 0 Å². The number of hydrogen-bond acceptors (Lipinski definition) is 4. The van der Waals surface area contributed by atoms with Crippen molar-refractivity contribution in [2.75, 3.05) is 17.2 Å². The van der Waals surface area contributed by atoms with Gasteiger partial charge < -0.3 is 16.0 Å². The van der Waals surface area contributed by atoms with Gasteiger partial charge in [-0.3, -0.25) is 19.5 Å². The summed E-state index contributed by atoms with van der Waals surface area (Å²) in [4.78, 5) is 36.1. The quantitative estimate of drug-likeness (QED) is 0.495. The van der Waals surface area contributed by atoms with E-state index in [1.807, 2.05) is 30.3 Å². The molecule has 3 rings (SSSR count). The van der Waals surface area contributed by atoms with Gasteiger partial charge in [-0.1, -0.05) is 36.4 Å². The molecule has 3 amide bonds. The van der Waals surface area contributed by atoms with Crippen LogP contribution in [0, 0.1) is 0 Å². The number of amides is 3. The Kier molecular flexibility index (Phi) is 6.36. The molecule has 0 aliphatic carbocycles. The zero-order valence-corrected chi connectivity index (χ0v) is 15.9. The summed E-state index contributed by atoms with van der Waals surface area (Å²) in [7, 11) is 0. The summed E-state index contributed by atoms with van der Waals surface area (Å²) in [5.41, 5.74) is 2.34. The van der Waals surface area contributed by atoms with Gasteiger partial charge in [0.05, 0.1) is 5.69 Å². The first-order valence-electron chi connectivity index (χ1n) is 9.08. The topological polar surface area (TPSA) is 116 Å². The van der Waals surface area contributed by atoms with Gasteiger partial charge in [0.2, 0.25) is 5.91 Å². The van der Waals surface area contributed by atoms with Gasteiger partial charge in [0.25, 0.3) is 11.8 Å². The molecule has 3 aromatic rings. The highest BCUT2D eigenvalue weighted by Gasteiger charge is 2.17. The van der Waals surface area contributed by atoms with Gasteiger partial charge in [0.15, 0.2) is 5.69 Å². The lowest BCUT2D eigenvalue weighted by Gasteiger charge is -2.08. The van der Waals surface area contributed by atoms with Crippen LogP contribution in [0.5, 0.6) is 0 Å². The number of H-pyrrole nitrogens is 1. The maximum absolute atomic E-state index is 12.5. The number of aromatic amines is 1. The van der Waals surface area contributed by atoms with Crippen molar-refractivity contribution in [3.63, 3.8) is 0 Å². The summed E-state index contributed by atoms with van der Waals surface area (Å²) in [6.07, 6.45) is 2.14. The van der Waals surface area contributed by atoms with Crippen LogP contribution in [-0.4, -0.2) is 34.5 Å². The molecule has 0 saturated carbocycles. The number of carbonyl (C=O) groups is 3. The number of aromatic nitrogens is 2. The Morgan fingerprint density at radius 1 is 0.966 bits per heavy atom. The normalized spacial score (nSPS) is 10.2. The summed E-state index contributed by atoms with van der Waals surface area (Å²) in [6.45, 7) is 1.84. The third-order valence-corrected chi connectivity index (χ3v) is 4.09. The summed E-state index contributed by atoms with van der Waals surface area (Å²) in [6, 6.07) is 16.3. The number of rotatable bonds is 7. The molecular weight excluding hydrogens is 370 g/mol. The average molecular weight is 391 g/mol. The van der Waals surface area contributed by atoms with E-state index in [4.69, 9.17) is 0 Å². The van der Waals surface area contributed by atoms with Crippen molar-refractivity contribution >= 4 is 29.1 Å². The summed E-state index contributed by atoms with van der Waals surface area (Å²) < 4.78 is 0. The second-order valence-corrected chi connectivity index (χ2v) is 6.36. The highest BCUT2D eigenvalue weighted by molar-refractivity contribution is 6.08. The van der Waals surface area contributed by atoms with Crippen LogP contribution in [0.15, 0.2) is 60.8 Å². The first-order valence-corrected chi connectivity index (χ1v) is 9.08. The first-order chi connectivity index (χ1) is 14.0. The van der Waals surface area contributed by atoms with E-state index in [0.717, 1.165) is 5.56 Å². The second-order valence-electron chi connectivity index (χ2n) is 6.36. The molecule has 0 aliphatic heterocycles. The molecule has 0 spiro atoms. The summed E-state index contributed by atoms with van der Waals surface area (Å²) >= 11 is 0. The minimum absolute atomic E-state index is 0.101. The molecule has 4 N–H and O–H groups in total. The molecule has 1 aromatic heterocycles. The van der Waals surface area contributed by atoms with Crippen molar-refractivity contribution < 1.29 is 14.4 Å². The Balaban J connectivity index is 1.61. The minimum Gasteiger partial charge on any atom is -0.350 e. The number of nitrogens with one attached hydrogen (secondary N) is 4. The van der Waals surface area contributed by atoms with Gasteiger partial charge in [-0.2, -0.15) is 5.10 Å². The van der Waals surface area contributed by atoms with Crippen molar-refractivity contribution in [2.24, 2.45) is 0 Å². The molecule has 0 saturated heterocycles. The Bertz CT molecular complexity index is 1010. The number of carbonyl (C=O) groups excluding carboxylic acids is 3. The van der Waals surface area contributed by atoms with Crippen LogP contribution in [0.4, 0.5) is 11.4 Å². The standard InChI is InChI=1S/C21H21N5O3/c1-14(27)24-17-9-5-8-16(12-17)20(28)25-18-13-23-26-19(18)21(29)22-11-10-15-6-3-2-4-7-15/h2-9,12-13H,10-11H2,1H3,(H,22,29)(H,23,26)(H,24,27)(H,25,28). The smallest absolute Gasteiger partial charge is 0.273 e. The Morgan fingerprint density at radius 3 is 2.52 bits per heavy atom. The number of anilines is 2. The molecule has 2 aromatic carbocycles. The summed E-state index contributed by atoms with van der Waals surface area (Å²) in [5, 5.41) is 14.6. The Hall–Kier alpha value is -3.94. The van der Waals surface area contributed by atoms with Crippen LogP contribution in [0.2, 0.25) is 0 Å². The molecule has 29 heavy (non-hydrogen) atoms. The Morgan fingerprint density at radius 2 is 1.76 bits per heavy atom. The molecule has 0 fully saturated rings. The van der Waals surface area contributed by atoms with E-state index >= 15 is 0 Å². The number of hydrogen-bond donors (Lipinski definition) is 4.